The summed E-state index contributed by atoms with van der Waals surface area (Å²) in [6, 6.07) is 11.4. The van der Waals surface area contributed by atoms with Gasteiger partial charge in [-0.3, -0.25) is 4.79 Å². The minimum absolute atomic E-state index is 0.169. The molecule has 1 aliphatic rings. The van der Waals surface area contributed by atoms with Crippen LogP contribution in [0, 0.1) is 6.92 Å². The Labute approximate surface area is 166 Å². The molecule has 0 saturated carbocycles. The zero-order valence-electron chi connectivity index (χ0n) is 16.6. The first kappa shape index (κ1) is 20.5. The zero-order valence-corrected chi connectivity index (χ0v) is 17.4. The van der Waals surface area contributed by atoms with Gasteiger partial charge in [0.15, 0.2) is 5.69 Å². The van der Waals surface area contributed by atoms with Crippen molar-refractivity contribution < 1.29 is 13.2 Å². The average molecular weight is 406 g/mol. The van der Waals surface area contributed by atoms with Gasteiger partial charge in [-0.15, -0.1) is 0 Å². The van der Waals surface area contributed by atoms with Gasteiger partial charge in [-0.1, -0.05) is 32.0 Å². The quantitative estimate of drug-likeness (QED) is 0.730. The predicted molar refractivity (Wildman–Crippen MR) is 108 cm³/mol. The molecule has 0 atom stereocenters. The van der Waals surface area contributed by atoms with Gasteiger partial charge in [-0.05, 0) is 25.1 Å². The van der Waals surface area contributed by atoms with E-state index in [9.17, 15) is 13.2 Å². The van der Waals surface area contributed by atoms with Crippen molar-refractivity contribution in [2.24, 2.45) is 0 Å². The summed E-state index contributed by atoms with van der Waals surface area (Å²) in [5.41, 5.74) is 2.15. The maximum Gasteiger partial charge on any atom is 0.282 e. The Hall–Kier alpha value is -2.23. The van der Waals surface area contributed by atoms with Crippen LogP contribution in [0.2, 0.25) is 0 Å². The molecule has 0 unspecified atom stereocenters. The number of para-hydroxylation sites is 1. The maximum absolute atomic E-state index is 12.9. The molecular formula is C19H27N5O3S. The van der Waals surface area contributed by atoms with Gasteiger partial charge in [0, 0.05) is 45.0 Å². The number of hydrogen-bond donors (Lipinski definition) is 0. The second-order valence-corrected chi connectivity index (χ2v) is 8.63. The number of nitrogens with zero attached hydrogens (tertiary/aromatic N) is 5. The molecule has 28 heavy (non-hydrogen) atoms. The molecule has 2 heterocycles. The first-order chi connectivity index (χ1) is 13.4. The molecule has 0 aliphatic carbocycles. The van der Waals surface area contributed by atoms with Crippen LogP contribution >= 0.6 is 0 Å². The highest BCUT2D eigenvalue weighted by atomic mass is 32.2. The molecule has 0 spiro atoms. The van der Waals surface area contributed by atoms with Crippen molar-refractivity contribution in [3.8, 4) is 5.69 Å². The lowest BCUT2D eigenvalue weighted by molar-refractivity contribution is 0.0688. The minimum atomic E-state index is -3.47. The molecule has 3 rings (SSSR count). The Bertz CT molecular complexity index is 914. The molecule has 1 aromatic heterocycles. The topological polar surface area (TPSA) is 78.8 Å². The van der Waals surface area contributed by atoms with E-state index in [1.807, 2.05) is 51.1 Å². The van der Waals surface area contributed by atoms with Gasteiger partial charge >= 0.3 is 0 Å². The summed E-state index contributed by atoms with van der Waals surface area (Å²) in [6.07, 6.45) is 0. The highest BCUT2D eigenvalue weighted by Crippen LogP contribution is 2.16. The third-order valence-electron chi connectivity index (χ3n) is 4.99. The van der Waals surface area contributed by atoms with Crippen LogP contribution in [-0.4, -0.2) is 76.9 Å². The Morgan fingerprint density at radius 3 is 2.25 bits per heavy atom. The SMILES string of the molecule is CCN(CC)S(=O)(=O)N1CCN(C(=O)c2cc(C)n(-c3ccccc3)n2)CC1. The zero-order chi connectivity index (χ0) is 20.3. The molecule has 0 radical (unpaired) electrons. The van der Waals surface area contributed by atoms with Crippen LogP contribution in [0.25, 0.3) is 5.69 Å². The maximum atomic E-state index is 12.9. The lowest BCUT2D eigenvalue weighted by atomic mass is 10.3. The summed E-state index contributed by atoms with van der Waals surface area (Å²) < 4.78 is 29.9. The van der Waals surface area contributed by atoms with Crippen molar-refractivity contribution in [2.45, 2.75) is 20.8 Å². The average Bonchev–Trinajstić information content (AvgIpc) is 3.10. The number of carbonyl (C=O) groups is 1. The fourth-order valence-corrected chi connectivity index (χ4v) is 5.01. The van der Waals surface area contributed by atoms with Crippen molar-refractivity contribution >= 4 is 16.1 Å². The molecule has 1 amide bonds. The summed E-state index contributed by atoms with van der Waals surface area (Å²) in [5.74, 6) is -0.169. The predicted octanol–water partition coefficient (Wildman–Crippen LogP) is 1.53. The fourth-order valence-electron chi connectivity index (χ4n) is 3.41. The molecule has 2 aromatic rings. The van der Waals surface area contributed by atoms with Gasteiger partial charge in [-0.2, -0.15) is 22.1 Å². The van der Waals surface area contributed by atoms with E-state index in [0.717, 1.165) is 11.4 Å². The minimum Gasteiger partial charge on any atom is -0.335 e. The highest BCUT2D eigenvalue weighted by Gasteiger charge is 2.32. The number of benzene rings is 1. The second-order valence-electron chi connectivity index (χ2n) is 6.70. The van der Waals surface area contributed by atoms with Crippen LogP contribution in [0.5, 0.6) is 0 Å². The van der Waals surface area contributed by atoms with E-state index in [4.69, 9.17) is 0 Å². The third-order valence-corrected chi connectivity index (χ3v) is 7.18. The Morgan fingerprint density at radius 1 is 1.07 bits per heavy atom. The fraction of sp³-hybridized carbons (Fsp3) is 0.474. The van der Waals surface area contributed by atoms with Crippen molar-refractivity contribution in [1.29, 1.82) is 0 Å². The molecule has 1 aromatic carbocycles. The largest absolute Gasteiger partial charge is 0.335 e. The number of rotatable bonds is 6. The van der Waals surface area contributed by atoms with Gasteiger partial charge in [0.2, 0.25) is 0 Å². The van der Waals surface area contributed by atoms with Crippen LogP contribution in [0.1, 0.15) is 30.0 Å². The molecule has 0 N–H and O–H groups in total. The van der Waals surface area contributed by atoms with Gasteiger partial charge in [-0.25, -0.2) is 4.68 Å². The summed E-state index contributed by atoms with van der Waals surface area (Å²) in [7, 11) is -3.47. The number of aryl methyl sites for hydroxylation is 1. The number of hydrogen-bond acceptors (Lipinski definition) is 4. The number of carbonyl (C=O) groups excluding carboxylic acids is 1. The summed E-state index contributed by atoms with van der Waals surface area (Å²) in [4.78, 5) is 14.5. The van der Waals surface area contributed by atoms with Gasteiger partial charge < -0.3 is 4.90 Å². The van der Waals surface area contributed by atoms with E-state index in [1.165, 1.54) is 8.61 Å². The molecule has 152 valence electrons. The van der Waals surface area contributed by atoms with E-state index in [1.54, 1.807) is 15.6 Å². The molecule has 8 nitrogen and oxygen atoms in total. The van der Waals surface area contributed by atoms with Crippen LogP contribution in [0.15, 0.2) is 36.4 Å². The second kappa shape index (κ2) is 8.42. The molecule has 1 aliphatic heterocycles. The lowest BCUT2D eigenvalue weighted by Crippen LogP contribution is -2.54. The molecular weight excluding hydrogens is 378 g/mol. The smallest absolute Gasteiger partial charge is 0.282 e. The normalized spacial score (nSPS) is 15.9. The van der Waals surface area contributed by atoms with E-state index < -0.39 is 10.2 Å². The summed E-state index contributed by atoms with van der Waals surface area (Å²) in [5, 5.41) is 4.46. The Morgan fingerprint density at radius 2 is 1.68 bits per heavy atom. The highest BCUT2D eigenvalue weighted by molar-refractivity contribution is 7.86. The molecule has 1 saturated heterocycles. The molecule has 1 fully saturated rings. The summed E-state index contributed by atoms with van der Waals surface area (Å²) in [6.45, 7) is 7.74. The van der Waals surface area contributed by atoms with Gasteiger partial charge in [0.05, 0.1) is 5.69 Å². The van der Waals surface area contributed by atoms with E-state index in [-0.39, 0.29) is 5.91 Å². The first-order valence-electron chi connectivity index (χ1n) is 9.55. The van der Waals surface area contributed by atoms with Crippen LogP contribution in [0.3, 0.4) is 0 Å². The Kier molecular flexibility index (Phi) is 6.17. The van der Waals surface area contributed by atoms with Crippen LogP contribution < -0.4 is 0 Å². The molecule has 9 heteroatoms. The first-order valence-corrected chi connectivity index (χ1v) is 10.9. The Balaban J connectivity index is 1.69. The number of aromatic nitrogens is 2. The lowest BCUT2D eigenvalue weighted by Gasteiger charge is -2.36. The standard InChI is InChI=1S/C19H27N5O3S/c1-4-22(5-2)28(26,27)23-13-11-21(12-14-23)19(25)18-15-16(3)24(20-18)17-9-7-6-8-10-17/h6-10,15H,4-5,11-14H2,1-3H3. The van der Waals surface area contributed by atoms with Crippen LogP contribution in [-0.2, 0) is 10.2 Å². The van der Waals surface area contributed by atoms with Crippen molar-refractivity contribution in [1.82, 2.24) is 23.3 Å². The van der Waals surface area contributed by atoms with Gasteiger partial charge in [0.25, 0.3) is 16.1 Å². The number of piperazine rings is 1. The van der Waals surface area contributed by atoms with Crippen molar-refractivity contribution in [3.63, 3.8) is 0 Å². The van der Waals surface area contributed by atoms with Crippen LogP contribution in [0.4, 0.5) is 0 Å². The van der Waals surface area contributed by atoms with E-state index in [0.29, 0.717) is 45.0 Å². The molecule has 0 bridgehead atoms. The van der Waals surface area contributed by atoms with Crippen molar-refractivity contribution in [3.05, 3.63) is 47.8 Å². The van der Waals surface area contributed by atoms with Gasteiger partial charge in [0.1, 0.15) is 0 Å². The van der Waals surface area contributed by atoms with E-state index in [2.05, 4.69) is 5.10 Å². The van der Waals surface area contributed by atoms with Crippen molar-refractivity contribution in [2.75, 3.05) is 39.3 Å². The number of amides is 1. The van der Waals surface area contributed by atoms with E-state index >= 15 is 0 Å². The monoisotopic (exact) mass is 405 g/mol. The third kappa shape index (κ3) is 3.96. The summed E-state index contributed by atoms with van der Waals surface area (Å²) >= 11 is 0.